The minimum atomic E-state index is 1.20. The fourth-order valence-corrected chi connectivity index (χ4v) is 8.15. The lowest BCUT2D eigenvalue weighted by Gasteiger charge is -2.19. The van der Waals surface area contributed by atoms with E-state index in [9.17, 15) is 0 Å². The van der Waals surface area contributed by atoms with E-state index in [4.69, 9.17) is 0 Å². The molecule has 0 heteroatoms. The van der Waals surface area contributed by atoms with E-state index in [2.05, 4.69) is 206 Å². The summed E-state index contributed by atoms with van der Waals surface area (Å²) in [7, 11) is 0. The van der Waals surface area contributed by atoms with Crippen molar-refractivity contribution in [3.63, 3.8) is 0 Å². The Bertz CT molecular complexity index is 2820. The van der Waals surface area contributed by atoms with Crippen molar-refractivity contribution in [3.05, 3.63) is 206 Å². The van der Waals surface area contributed by atoms with Crippen molar-refractivity contribution < 1.29 is 0 Å². The van der Waals surface area contributed by atoms with Crippen molar-refractivity contribution in [3.8, 4) is 55.6 Å². The van der Waals surface area contributed by atoms with Crippen LogP contribution in [0, 0.1) is 0 Å². The smallest absolute Gasteiger partial charge is 0.00261 e. The largest absolute Gasteiger partial charge is 0.0622 e. The minimum absolute atomic E-state index is 1.20. The van der Waals surface area contributed by atoms with Crippen LogP contribution < -0.4 is 0 Å². The quantitative estimate of drug-likeness (QED) is 0.128. The first-order valence-corrected chi connectivity index (χ1v) is 18.0. The Balaban J connectivity index is 1.19. The molecule has 242 valence electrons. The maximum Gasteiger partial charge on any atom is -0.00261 e. The minimum Gasteiger partial charge on any atom is -0.0622 e. The highest BCUT2D eigenvalue weighted by molar-refractivity contribution is 6.22. The molecule has 0 radical (unpaired) electrons. The highest BCUT2D eigenvalue weighted by Gasteiger charge is 2.18. The summed E-state index contributed by atoms with van der Waals surface area (Å²) in [6.45, 7) is 0. The van der Waals surface area contributed by atoms with Gasteiger partial charge in [0.05, 0.1) is 0 Å². The maximum absolute atomic E-state index is 2.40. The van der Waals surface area contributed by atoms with Gasteiger partial charge in [0, 0.05) is 0 Å². The monoisotopic (exact) mass is 658 g/mol. The number of benzene rings is 10. The van der Waals surface area contributed by atoms with Crippen LogP contribution >= 0.6 is 0 Å². The molecule has 0 heterocycles. The lowest BCUT2D eigenvalue weighted by Crippen LogP contribution is -1.92. The van der Waals surface area contributed by atoms with Gasteiger partial charge in [0.25, 0.3) is 0 Å². The molecule has 0 amide bonds. The third-order valence-corrected chi connectivity index (χ3v) is 10.6. The summed E-state index contributed by atoms with van der Waals surface area (Å²) in [4.78, 5) is 0. The van der Waals surface area contributed by atoms with Crippen LogP contribution in [0.4, 0.5) is 0 Å². The van der Waals surface area contributed by atoms with Crippen molar-refractivity contribution in [2.45, 2.75) is 0 Å². The van der Waals surface area contributed by atoms with Gasteiger partial charge in [-0.25, -0.2) is 0 Å². The molecular formula is C52H34. The highest BCUT2D eigenvalue weighted by atomic mass is 14.2. The molecule has 0 spiro atoms. The summed E-state index contributed by atoms with van der Waals surface area (Å²) in [5, 5.41) is 10.1. The summed E-state index contributed by atoms with van der Waals surface area (Å²) >= 11 is 0. The fraction of sp³-hybridized carbons (Fsp3) is 0. The zero-order chi connectivity index (χ0) is 34.4. The summed E-state index contributed by atoms with van der Waals surface area (Å²) in [6, 6.07) is 75.6. The van der Waals surface area contributed by atoms with Crippen molar-refractivity contribution in [1.82, 2.24) is 0 Å². The average molecular weight is 659 g/mol. The molecule has 0 aromatic heterocycles. The molecule has 0 saturated carbocycles. The van der Waals surface area contributed by atoms with Gasteiger partial charge >= 0.3 is 0 Å². The molecular weight excluding hydrogens is 625 g/mol. The third kappa shape index (κ3) is 5.16. The zero-order valence-electron chi connectivity index (χ0n) is 28.6. The van der Waals surface area contributed by atoms with Crippen LogP contribution in [-0.4, -0.2) is 0 Å². The van der Waals surface area contributed by atoms with E-state index >= 15 is 0 Å². The van der Waals surface area contributed by atoms with Gasteiger partial charge in [-0.2, -0.15) is 0 Å². The Labute approximate surface area is 303 Å². The molecule has 0 bridgehead atoms. The molecule has 0 aliphatic carbocycles. The number of fused-ring (bicyclic) bond motifs is 5. The van der Waals surface area contributed by atoms with Crippen molar-refractivity contribution in [1.29, 1.82) is 0 Å². The molecule has 10 aromatic rings. The third-order valence-electron chi connectivity index (χ3n) is 10.6. The topological polar surface area (TPSA) is 0 Å². The summed E-state index contributed by atoms with van der Waals surface area (Å²) in [5.41, 5.74) is 12.3. The Morgan fingerprint density at radius 1 is 0.173 bits per heavy atom. The standard InChI is InChI=1S/C52H34/c1-3-14-35(15-4-1)42-31-43(36-16-5-2-6-17-36)33-44(32-42)39-19-13-20-40(30-39)51-46-22-9-11-24-48(46)52(49-25-12-10-23-47(49)51)41-29-28-38-27-26-37-18-7-8-21-45(37)50(38)34-41/h1-34H. The normalized spacial score (nSPS) is 11.5. The van der Waals surface area contributed by atoms with Crippen molar-refractivity contribution in [2.24, 2.45) is 0 Å². The van der Waals surface area contributed by atoms with E-state index in [0.29, 0.717) is 0 Å². The van der Waals surface area contributed by atoms with E-state index in [1.54, 1.807) is 0 Å². The van der Waals surface area contributed by atoms with Gasteiger partial charge in [-0.1, -0.05) is 176 Å². The first-order chi connectivity index (χ1) is 25.8. The maximum atomic E-state index is 2.40. The van der Waals surface area contributed by atoms with Crippen molar-refractivity contribution in [2.75, 3.05) is 0 Å². The molecule has 0 atom stereocenters. The van der Waals surface area contributed by atoms with Gasteiger partial charge in [0.1, 0.15) is 0 Å². The van der Waals surface area contributed by atoms with Crippen LogP contribution in [-0.2, 0) is 0 Å². The van der Waals surface area contributed by atoms with Crippen LogP contribution in [0.1, 0.15) is 0 Å². The Kier molecular flexibility index (Phi) is 7.25. The average Bonchev–Trinajstić information content (AvgIpc) is 3.23. The van der Waals surface area contributed by atoms with Gasteiger partial charge in [-0.05, 0) is 129 Å². The van der Waals surface area contributed by atoms with E-state index in [1.807, 2.05) is 0 Å². The molecule has 0 fully saturated rings. The van der Waals surface area contributed by atoms with Gasteiger partial charge in [0.15, 0.2) is 0 Å². The first-order valence-electron chi connectivity index (χ1n) is 18.0. The predicted octanol–water partition coefficient (Wildman–Crippen LogP) is 14.6. The summed E-state index contributed by atoms with van der Waals surface area (Å²) in [6.07, 6.45) is 0. The van der Waals surface area contributed by atoms with Crippen LogP contribution in [0.25, 0.3) is 98.7 Å². The molecule has 0 aliphatic heterocycles. The second kappa shape index (κ2) is 12.5. The van der Waals surface area contributed by atoms with Crippen LogP contribution in [0.3, 0.4) is 0 Å². The van der Waals surface area contributed by atoms with E-state index in [1.165, 1.54) is 98.7 Å². The van der Waals surface area contributed by atoms with Crippen LogP contribution in [0.15, 0.2) is 206 Å². The summed E-state index contributed by atoms with van der Waals surface area (Å²) in [5.74, 6) is 0. The molecule has 0 nitrogen and oxygen atoms in total. The molecule has 10 rings (SSSR count). The SMILES string of the molecule is c1ccc(-c2cc(-c3ccccc3)cc(-c3cccc(-c4c5ccccc5c(-c5ccc6ccc7ccccc7c6c5)c5ccccc45)c3)c2)cc1. The number of hydrogen-bond donors (Lipinski definition) is 0. The second-order valence-corrected chi connectivity index (χ2v) is 13.7. The molecule has 52 heavy (non-hydrogen) atoms. The molecule has 10 aromatic carbocycles. The second-order valence-electron chi connectivity index (χ2n) is 13.7. The number of hydrogen-bond acceptors (Lipinski definition) is 0. The van der Waals surface area contributed by atoms with E-state index in [0.717, 1.165) is 0 Å². The molecule has 0 aliphatic rings. The lowest BCUT2D eigenvalue weighted by atomic mass is 9.84. The van der Waals surface area contributed by atoms with Crippen LogP contribution in [0.2, 0.25) is 0 Å². The zero-order valence-corrected chi connectivity index (χ0v) is 28.6. The lowest BCUT2D eigenvalue weighted by molar-refractivity contribution is 1.56. The fourth-order valence-electron chi connectivity index (χ4n) is 8.15. The number of rotatable bonds is 5. The first kappa shape index (κ1) is 30.1. The van der Waals surface area contributed by atoms with E-state index < -0.39 is 0 Å². The van der Waals surface area contributed by atoms with Crippen LogP contribution in [0.5, 0.6) is 0 Å². The van der Waals surface area contributed by atoms with Gasteiger partial charge in [-0.3, -0.25) is 0 Å². The van der Waals surface area contributed by atoms with E-state index in [-0.39, 0.29) is 0 Å². The van der Waals surface area contributed by atoms with Gasteiger partial charge in [-0.15, -0.1) is 0 Å². The summed E-state index contributed by atoms with van der Waals surface area (Å²) < 4.78 is 0. The molecule has 0 N–H and O–H groups in total. The van der Waals surface area contributed by atoms with Gasteiger partial charge in [0.2, 0.25) is 0 Å². The Morgan fingerprint density at radius 3 is 1.10 bits per heavy atom. The van der Waals surface area contributed by atoms with Crippen molar-refractivity contribution >= 4 is 43.1 Å². The highest BCUT2D eigenvalue weighted by Crippen LogP contribution is 2.45. The molecule has 0 saturated heterocycles. The predicted molar refractivity (Wildman–Crippen MR) is 224 cm³/mol. The Hall–Kier alpha value is -6.76. The molecule has 0 unspecified atom stereocenters. The van der Waals surface area contributed by atoms with Gasteiger partial charge < -0.3 is 0 Å². The Morgan fingerprint density at radius 2 is 0.538 bits per heavy atom.